The lowest BCUT2D eigenvalue weighted by Gasteiger charge is -2.10. The highest BCUT2D eigenvalue weighted by Crippen LogP contribution is 2.13. The summed E-state index contributed by atoms with van der Waals surface area (Å²) in [5.74, 6) is 0.521. The quantitative estimate of drug-likeness (QED) is 0.629. The minimum absolute atomic E-state index is 0.189. The number of aryl methyl sites for hydroxylation is 2. The van der Waals surface area contributed by atoms with Gasteiger partial charge < -0.3 is 10.6 Å². The zero-order valence-corrected chi connectivity index (χ0v) is 14.6. The first-order chi connectivity index (χ1) is 11.1. The van der Waals surface area contributed by atoms with Gasteiger partial charge in [0.1, 0.15) is 10.8 Å². The van der Waals surface area contributed by atoms with Gasteiger partial charge in [-0.1, -0.05) is 19.1 Å². The van der Waals surface area contributed by atoms with Crippen LogP contribution < -0.4 is 10.6 Å². The van der Waals surface area contributed by atoms with Gasteiger partial charge in [-0.3, -0.25) is 0 Å². The van der Waals surface area contributed by atoms with Gasteiger partial charge in [-0.2, -0.15) is 0 Å². The van der Waals surface area contributed by atoms with Crippen molar-refractivity contribution >= 4 is 17.3 Å². The highest BCUT2D eigenvalue weighted by atomic mass is 32.1. The van der Waals surface area contributed by atoms with Gasteiger partial charge in [-0.05, 0) is 37.5 Å². The smallest absolute Gasteiger partial charge is 0.191 e. The molecule has 0 radical (unpaired) electrons. The van der Waals surface area contributed by atoms with Gasteiger partial charge in [0.25, 0.3) is 0 Å². The number of thiazole rings is 1. The molecule has 0 saturated heterocycles. The maximum atomic E-state index is 13.6. The number of nitrogens with one attached hydrogen (secondary N) is 2. The lowest BCUT2D eigenvalue weighted by molar-refractivity contribution is 0.616. The summed E-state index contributed by atoms with van der Waals surface area (Å²) < 4.78 is 13.6. The molecule has 1 aromatic carbocycles. The molecule has 0 amide bonds. The Morgan fingerprint density at radius 2 is 2.13 bits per heavy atom. The minimum Gasteiger partial charge on any atom is -0.357 e. The largest absolute Gasteiger partial charge is 0.357 e. The molecule has 0 aliphatic rings. The van der Waals surface area contributed by atoms with E-state index in [1.54, 1.807) is 24.3 Å². The Labute approximate surface area is 140 Å². The second-order valence-electron chi connectivity index (χ2n) is 5.21. The summed E-state index contributed by atoms with van der Waals surface area (Å²) in [5.41, 5.74) is 1.51. The normalized spacial score (nSPS) is 11.6. The molecular weight excluding hydrogens is 311 g/mol. The van der Waals surface area contributed by atoms with Crippen LogP contribution in [-0.2, 0) is 19.5 Å². The molecule has 0 fully saturated rings. The zero-order valence-electron chi connectivity index (χ0n) is 13.8. The molecule has 2 aromatic rings. The maximum absolute atomic E-state index is 13.6. The number of aromatic nitrogens is 1. The number of rotatable bonds is 6. The van der Waals surface area contributed by atoms with Gasteiger partial charge >= 0.3 is 0 Å². The van der Waals surface area contributed by atoms with Crippen LogP contribution in [0.2, 0.25) is 0 Å². The van der Waals surface area contributed by atoms with E-state index in [0.29, 0.717) is 24.6 Å². The third-order valence-corrected chi connectivity index (χ3v) is 4.50. The number of benzene rings is 1. The fourth-order valence-corrected chi connectivity index (χ4v) is 2.80. The lowest BCUT2D eigenvalue weighted by atomic mass is 10.1. The fraction of sp³-hybridized carbons (Fsp3) is 0.412. The van der Waals surface area contributed by atoms with Crippen molar-refractivity contribution in [1.82, 2.24) is 15.6 Å². The first-order valence-corrected chi connectivity index (χ1v) is 8.64. The molecule has 1 heterocycles. The molecule has 0 bridgehead atoms. The van der Waals surface area contributed by atoms with Gasteiger partial charge in [0, 0.05) is 17.6 Å². The molecule has 0 unspecified atom stereocenters. The van der Waals surface area contributed by atoms with E-state index in [9.17, 15) is 4.39 Å². The van der Waals surface area contributed by atoms with E-state index >= 15 is 0 Å². The van der Waals surface area contributed by atoms with Crippen LogP contribution in [0.1, 0.15) is 34.9 Å². The Kier molecular flexibility index (Phi) is 6.52. The topological polar surface area (TPSA) is 49.3 Å². The summed E-state index contributed by atoms with van der Waals surface area (Å²) in [5, 5.41) is 7.49. The second kappa shape index (κ2) is 8.62. The summed E-state index contributed by atoms with van der Waals surface area (Å²) in [6, 6.07) is 5.22. The molecular formula is C17H23FN4S. The Bertz CT molecular complexity index is 666. The Morgan fingerprint density at radius 1 is 1.30 bits per heavy atom. The van der Waals surface area contributed by atoms with Crippen LogP contribution in [0.3, 0.4) is 0 Å². The Morgan fingerprint density at radius 3 is 2.78 bits per heavy atom. The summed E-state index contributed by atoms with van der Waals surface area (Å²) in [6.07, 6.45) is 2.92. The predicted molar refractivity (Wildman–Crippen MR) is 94.3 cm³/mol. The zero-order chi connectivity index (χ0) is 16.7. The molecule has 23 heavy (non-hydrogen) atoms. The predicted octanol–water partition coefficient (Wildman–Crippen LogP) is 3.41. The van der Waals surface area contributed by atoms with Crippen molar-refractivity contribution in [3.05, 3.63) is 51.2 Å². The van der Waals surface area contributed by atoms with Crippen molar-refractivity contribution in [2.24, 2.45) is 4.99 Å². The van der Waals surface area contributed by atoms with Crippen LogP contribution in [0.5, 0.6) is 0 Å². The summed E-state index contributed by atoms with van der Waals surface area (Å²) >= 11 is 1.70. The summed E-state index contributed by atoms with van der Waals surface area (Å²) in [4.78, 5) is 10.2. The van der Waals surface area contributed by atoms with Crippen LogP contribution in [0, 0.1) is 12.7 Å². The van der Waals surface area contributed by atoms with Crippen LogP contribution >= 0.6 is 11.3 Å². The average Bonchev–Trinajstić information content (AvgIpc) is 3.01. The van der Waals surface area contributed by atoms with Crippen molar-refractivity contribution in [2.75, 3.05) is 6.54 Å². The number of hydrogen-bond acceptors (Lipinski definition) is 3. The van der Waals surface area contributed by atoms with Crippen molar-refractivity contribution in [1.29, 1.82) is 0 Å². The van der Waals surface area contributed by atoms with E-state index in [1.165, 1.54) is 10.9 Å². The van der Waals surface area contributed by atoms with Gasteiger partial charge in [0.2, 0.25) is 0 Å². The van der Waals surface area contributed by atoms with Gasteiger partial charge in [-0.15, -0.1) is 11.3 Å². The molecule has 124 valence electrons. The van der Waals surface area contributed by atoms with E-state index in [-0.39, 0.29) is 5.82 Å². The summed E-state index contributed by atoms with van der Waals surface area (Å²) in [7, 11) is 0. The molecule has 4 nitrogen and oxygen atoms in total. The van der Waals surface area contributed by atoms with E-state index in [4.69, 9.17) is 0 Å². The fourth-order valence-electron chi connectivity index (χ4n) is 2.00. The SMILES string of the molecule is CCNC(=NCc1ccc(C)c(F)c1)NCc1ncc(CC)s1. The molecule has 2 rings (SSSR count). The number of aliphatic imine (C=N–C) groups is 1. The van der Waals surface area contributed by atoms with Gasteiger partial charge in [-0.25, -0.2) is 14.4 Å². The first kappa shape index (κ1) is 17.4. The van der Waals surface area contributed by atoms with Crippen molar-refractivity contribution in [3.8, 4) is 0 Å². The number of hydrogen-bond donors (Lipinski definition) is 2. The lowest BCUT2D eigenvalue weighted by Crippen LogP contribution is -2.36. The van der Waals surface area contributed by atoms with Crippen LogP contribution in [0.15, 0.2) is 29.4 Å². The van der Waals surface area contributed by atoms with Crippen LogP contribution in [-0.4, -0.2) is 17.5 Å². The van der Waals surface area contributed by atoms with Gasteiger partial charge in [0.15, 0.2) is 5.96 Å². The highest BCUT2D eigenvalue weighted by molar-refractivity contribution is 7.11. The maximum Gasteiger partial charge on any atom is 0.191 e. The third kappa shape index (κ3) is 5.32. The molecule has 0 spiro atoms. The average molecular weight is 334 g/mol. The second-order valence-corrected chi connectivity index (χ2v) is 6.41. The molecule has 6 heteroatoms. The monoisotopic (exact) mass is 334 g/mol. The van der Waals surface area contributed by atoms with E-state index in [1.807, 2.05) is 19.2 Å². The minimum atomic E-state index is -0.189. The standard InChI is InChI=1S/C17H23FN4S/c1-4-14-10-20-16(23-14)11-22-17(19-5-2)21-9-13-7-6-12(3)15(18)8-13/h6-8,10H,4-5,9,11H2,1-3H3,(H2,19,21,22). The summed E-state index contributed by atoms with van der Waals surface area (Å²) in [6.45, 7) is 7.74. The Balaban J connectivity index is 1.97. The van der Waals surface area contributed by atoms with Crippen molar-refractivity contribution < 1.29 is 4.39 Å². The van der Waals surface area contributed by atoms with Crippen molar-refractivity contribution in [2.45, 2.75) is 40.3 Å². The number of halogens is 1. The van der Waals surface area contributed by atoms with Crippen LogP contribution in [0.25, 0.3) is 0 Å². The third-order valence-electron chi connectivity index (χ3n) is 3.36. The first-order valence-electron chi connectivity index (χ1n) is 7.83. The van der Waals surface area contributed by atoms with Crippen LogP contribution in [0.4, 0.5) is 4.39 Å². The van der Waals surface area contributed by atoms with Crippen molar-refractivity contribution in [3.63, 3.8) is 0 Å². The number of nitrogens with zero attached hydrogens (tertiary/aromatic N) is 2. The highest BCUT2D eigenvalue weighted by Gasteiger charge is 2.03. The molecule has 0 saturated carbocycles. The molecule has 0 aliphatic carbocycles. The Hall–Kier alpha value is -1.95. The number of guanidine groups is 1. The van der Waals surface area contributed by atoms with E-state index in [2.05, 4.69) is 27.5 Å². The van der Waals surface area contributed by atoms with E-state index < -0.39 is 0 Å². The molecule has 1 aromatic heterocycles. The van der Waals surface area contributed by atoms with Gasteiger partial charge in [0.05, 0.1) is 13.1 Å². The molecule has 0 atom stereocenters. The molecule has 2 N–H and O–H groups in total. The van der Waals surface area contributed by atoms with E-state index in [0.717, 1.165) is 23.5 Å². The molecule has 0 aliphatic heterocycles.